The third-order valence-corrected chi connectivity index (χ3v) is 1.40. The minimum absolute atomic E-state index is 0.0463. The number of aliphatic hydroxyl groups excluding tert-OH is 1. The molecule has 4 N–H and O–H groups in total. The molecule has 1 heterocycles. The first-order valence-electron chi connectivity index (χ1n) is 3.28. The monoisotopic (exact) mass is 146 g/mol. The highest BCUT2D eigenvalue weighted by Gasteiger charge is 2.18. The molecular weight excluding hydrogens is 132 g/mol. The lowest BCUT2D eigenvalue weighted by atomic mass is 10.2. The van der Waals surface area contributed by atoms with Crippen LogP contribution in [0.5, 0.6) is 0 Å². The van der Waals surface area contributed by atoms with Gasteiger partial charge in [-0.3, -0.25) is 4.79 Å². The quantitative estimate of drug-likeness (QED) is 0.436. The molecule has 0 bridgehead atoms. The predicted molar refractivity (Wildman–Crippen MR) is 38.4 cm³/mol. The summed E-state index contributed by atoms with van der Waals surface area (Å²) >= 11 is 0. The third kappa shape index (κ3) is 2.80. The molecule has 0 aliphatic carbocycles. The van der Waals surface area contributed by atoms with Gasteiger partial charge in [-0.25, -0.2) is 0 Å². The number of hydrogen-bond acceptors (Lipinski definition) is 3. The molecule has 1 atom stereocenters. The van der Waals surface area contributed by atoms with Gasteiger partial charge >= 0.3 is 0 Å². The smallest absolute Gasteiger partial charge is 0.234 e. The topological polar surface area (TPSA) is 75.3 Å². The molecule has 1 fully saturated rings. The number of rotatable bonds is 1. The Bertz CT molecular complexity index is 99.9. The maximum absolute atomic E-state index is 10.4. The first-order chi connectivity index (χ1) is 4.80. The molecule has 0 aromatic carbocycles. The van der Waals surface area contributed by atoms with Crippen LogP contribution in [0.25, 0.3) is 0 Å². The fraction of sp³-hybridized carbons (Fsp3) is 0.833. The molecule has 0 aromatic rings. The molecule has 60 valence electrons. The fourth-order valence-corrected chi connectivity index (χ4v) is 0.927. The number of nitrogens with one attached hydrogen (secondary N) is 1. The molecule has 10 heavy (non-hydrogen) atoms. The van der Waals surface area contributed by atoms with Crippen molar-refractivity contribution in [1.82, 2.24) is 5.32 Å². The number of hydrogen-bond donors (Lipinski definition) is 3. The normalized spacial score (nSPS) is 23.2. The van der Waals surface area contributed by atoms with Crippen molar-refractivity contribution in [3.8, 4) is 0 Å². The third-order valence-electron chi connectivity index (χ3n) is 1.40. The van der Waals surface area contributed by atoms with Crippen LogP contribution in [0.4, 0.5) is 0 Å². The minimum atomic E-state index is -0.220. The summed E-state index contributed by atoms with van der Waals surface area (Å²) in [6.07, 6.45) is 1.99. The first-order valence-corrected chi connectivity index (χ1v) is 3.28. The molecule has 0 saturated carbocycles. The maximum Gasteiger partial charge on any atom is 0.234 e. The van der Waals surface area contributed by atoms with Gasteiger partial charge in [-0.2, -0.15) is 0 Å². The summed E-state index contributed by atoms with van der Waals surface area (Å²) in [7, 11) is 1.00. The highest BCUT2D eigenvalue weighted by Crippen LogP contribution is 2.02. The lowest BCUT2D eigenvalue weighted by Crippen LogP contribution is -2.36. The van der Waals surface area contributed by atoms with Crippen LogP contribution >= 0.6 is 0 Å². The molecule has 1 saturated heterocycles. The van der Waals surface area contributed by atoms with E-state index in [0.29, 0.717) is 0 Å². The summed E-state index contributed by atoms with van der Waals surface area (Å²) in [5.41, 5.74) is 5.00. The SMILES string of the molecule is CO.NC(=O)[C@@H]1CCCN1. The van der Waals surface area contributed by atoms with Crippen molar-refractivity contribution in [3.05, 3.63) is 0 Å². The molecule has 4 heteroatoms. The zero-order valence-electron chi connectivity index (χ0n) is 6.13. The van der Waals surface area contributed by atoms with Crippen LogP contribution in [0.2, 0.25) is 0 Å². The maximum atomic E-state index is 10.4. The Morgan fingerprint density at radius 2 is 2.30 bits per heavy atom. The molecule has 0 unspecified atom stereocenters. The highest BCUT2D eigenvalue weighted by molar-refractivity contribution is 5.80. The van der Waals surface area contributed by atoms with Gasteiger partial charge in [0.05, 0.1) is 6.04 Å². The van der Waals surface area contributed by atoms with Gasteiger partial charge in [0, 0.05) is 7.11 Å². The van der Waals surface area contributed by atoms with Crippen LogP contribution in [0.1, 0.15) is 12.8 Å². The summed E-state index contributed by atoms with van der Waals surface area (Å²) < 4.78 is 0. The van der Waals surface area contributed by atoms with Crippen molar-refractivity contribution in [2.45, 2.75) is 18.9 Å². The molecule has 4 nitrogen and oxygen atoms in total. The van der Waals surface area contributed by atoms with Crippen LogP contribution < -0.4 is 11.1 Å². The minimum Gasteiger partial charge on any atom is -0.400 e. The summed E-state index contributed by atoms with van der Waals surface area (Å²) in [6, 6.07) is -0.0463. The second-order valence-corrected chi connectivity index (χ2v) is 2.05. The van der Waals surface area contributed by atoms with E-state index >= 15 is 0 Å². The van der Waals surface area contributed by atoms with E-state index in [1.54, 1.807) is 0 Å². The van der Waals surface area contributed by atoms with Gasteiger partial charge < -0.3 is 16.2 Å². The van der Waals surface area contributed by atoms with E-state index in [1.807, 2.05) is 0 Å². The van der Waals surface area contributed by atoms with Crippen molar-refractivity contribution in [2.75, 3.05) is 13.7 Å². The molecule has 1 rings (SSSR count). The number of carbonyl (C=O) groups excluding carboxylic acids is 1. The Kier molecular flexibility index (Phi) is 4.88. The second kappa shape index (κ2) is 5.20. The van der Waals surface area contributed by atoms with Crippen LogP contribution in [0.15, 0.2) is 0 Å². The fourth-order valence-electron chi connectivity index (χ4n) is 0.927. The predicted octanol–water partition coefficient (Wildman–Crippen LogP) is -1.17. The standard InChI is InChI=1S/C5H10N2O.CH4O/c6-5(8)4-2-1-3-7-4;1-2/h4,7H,1-3H2,(H2,6,8);2H,1H3/t4-;/m0./s1. The lowest BCUT2D eigenvalue weighted by molar-refractivity contribution is -0.119. The van der Waals surface area contributed by atoms with Crippen molar-refractivity contribution in [3.63, 3.8) is 0 Å². The van der Waals surface area contributed by atoms with Crippen molar-refractivity contribution in [2.24, 2.45) is 5.73 Å². The first kappa shape index (κ1) is 9.39. The van der Waals surface area contributed by atoms with Crippen LogP contribution in [-0.2, 0) is 4.79 Å². The average molecular weight is 146 g/mol. The van der Waals surface area contributed by atoms with Crippen LogP contribution in [-0.4, -0.2) is 30.7 Å². The van der Waals surface area contributed by atoms with Crippen molar-refractivity contribution < 1.29 is 9.90 Å². The molecule has 0 spiro atoms. The Labute approximate surface area is 60.4 Å². The molecule has 0 aromatic heterocycles. The van der Waals surface area contributed by atoms with E-state index in [2.05, 4.69) is 5.32 Å². The molecule has 1 aliphatic heterocycles. The second-order valence-electron chi connectivity index (χ2n) is 2.05. The van der Waals surface area contributed by atoms with Crippen molar-refractivity contribution in [1.29, 1.82) is 0 Å². The number of nitrogens with two attached hydrogens (primary N) is 1. The number of carbonyl (C=O) groups is 1. The largest absolute Gasteiger partial charge is 0.400 e. The summed E-state index contributed by atoms with van der Waals surface area (Å²) in [5.74, 6) is -0.220. The summed E-state index contributed by atoms with van der Waals surface area (Å²) in [6.45, 7) is 0.938. The van der Waals surface area contributed by atoms with Crippen LogP contribution in [0.3, 0.4) is 0 Å². The van der Waals surface area contributed by atoms with Gasteiger partial charge in [0.15, 0.2) is 0 Å². The molecule has 1 amide bonds. The van der Waals surface area contributed by atoms with Crippen molar-refractivity contribution >= 4 is 5.91 Å². The van der Waals surface area contributed by atoms with Gasteiger partial charge in [0.25, 0.3) is 0 Å². The van der Waals surface area contributed by atoms with Gasteiger partial charge in [-0.15, -0.1) is 0 Å². The Morgan fingerprint density at radius 1 is 1.70 bits per heavy atom. The van der Waals surface area contributed by atoms with E-state index in [4.69, 9.17) is 10.8 Å². The lowest BCUT2D eigenvalue weighted by Gasteiger charge is -2.01. The number of amides is 1. The number of primary amides is 1. The summed E-state index contributed by atoms with van der Waals surface area (Å²) in [5, 5.41) is 9.98. The van der Waals surface area contributed by atoms with E-state index < -0.39 is 0 Å². The Morgan fingerprint density at radius 3 is 2.50 bits per heavy atom. The molecular formula is C6H14N2O2. The molecule has 0 radical (unpaired) electrons. The van der Waals surface area contributed by atoms with Gasteiger partial charge in [0.1, 0.15) is 0 Å². The average Bonchev–Trinajstić information content (AvgIpc) is 2.42. The van der Waals surface area contributed by atoms with Crippen LogP contribution in [0, 0.1) is 0 Å². The molecule has 1 aliphatic rings. The van der Waals surface area contributed by atoms with Gasteiger partial charge in [-0.1, -0.05) is 0 Å². The zero-order valence-corrected chi connectivity index (χ0v) is 6.13. The zero-order chi connectivity index (χ0) is 7.98. The van der Waals surface area contributed by atoms with Gasteiger partial charge in [-0.05, 0) is 19.4 Å². The van der Waals surface area contributed by atoms with E-state index in [-0.39, 0.29) is 11.9 Å². The van der Waals surface area contributed by atoms with Gasteiger partial charge in [0.2, 0.25) is 5.91 Å². The van der Waals surface area contributed by atoms with E-state index in [9.17, 15) is 4.79 Å². The highest BCUT2D eigenvalue weighted by atomic mass is 16.2. The van der Waals surface area contributed by atoms with E-state index in [0.717, 1.165) is 26.5 Å². The number of aliphatic hydroxyl groups is 1. The summed E-state index contributed by atoms with van der Waals surface area (Å²) in [4.78, 5) is 10.4. The Balaban J connectivity index is 0.000000371. The van der Waals surface area contributed by atoms with E-state index in [1.165, 1.54) is 0 Å². The Hall–Kier alpha value is -0.610.